The minimum Gasteiger partial charge on any atom is -0.207 e. The first-order valence-corrected chi connectivity index (χ1v) is 9.92. The Morgan fingerprint density at radius 2 is 1.62 bits per heavy atom. The molecule has 2 aromatic carbocycles. The molecular weight excluding hydrogens is 318 g/mol. The first-order chi connectivity index (χ1) is 11.2. The summed E-state index contributed by atoms with van der Waals surface area (Å²) in [5, 5.41) is 0. The largest absolute Gasteiger partial charge is 0.241 e. The van der Waals surface area contributed by atoms with Gasteiger partial charge >= 0.3 is 0 Å². The molecule has 0 aromatic heterocycles. The van der Waals surface area contributed by atoms with Crippen LogP contribution in [0.4, 0.5) is 0 Å². The second kappa shape index (κ2) is 7.49. The van der Waals surface area contributed by atoms with Gasteiger partial charge in [0.05, 0.1) is 4.90 Å². The van der Waals surface area contributed by atoms with Gasteiger partial charge in [-0.25, -0.2) is 13.1 Å². The molecule has 0 spiro atoms. The van der Waals surface area contributed by atoms with Crippen LogP contribution in [0.3, 0.4) is 0 Å². The lowest BCUT2D eigenvalue weighted by Crippen LogP contribution is -2.27. The van der Waals surface area contributed by atoms with Crippen molar-refractivity contribution in [3.8, 4) is 0 Å². The van der Waals surface area contributed by atoms with E-state index in [9.17, 15) is 8.42 Å². The number of rotatable bonds is 6. The fraction of sp³-hybridized carbons (Fsp3) is 0.400. The van der Waals surface area contributed by atoms with E-state index in [2.05, 4.69) is 24.6 Å². The van der Waals surface area contributed by atoms with Gasteiger partial charge in [0.2, 0.25) is 10.0 Å². The van der Waals surface area contributed by atoms with E-state index < -0.39 is 10.0 Å². The molecule has 24 heavy (non-hydrogen) atoms. The lowest BCUT2D eigenvalue weighted by molar-refractivity contribution is 0.566. The van der Waals surface area contributed by atoms with Gasteiger partial charge in [-0.2, -0.15) is 0 Å². The van der Waals surface area contributed by atoms with Crippen molar-refractivity contribution in [2.75, 3.05) is 0 Å². The predicted molar refractivity (Wildman–Crippen MR) is 99.8 cm³/mol. The summed E-state index contributed by atoms with van der Waals surface area (Å²) in [5.41, 5.74) is 4.43. The molecule has 4 heteroatoms. The molecule has 0 aliphatic carbocycles. The van der Waals surface area contributed by atoms with Crippen molar-refractivity contribution in [1.82, 2.24) is 4.72 Å². The lowest BCUT2D eigenvalue weighted by atomic mass is 9.99. The van der Waals surface area contributed by atoms with Crippen molar-refractivity contribution < 1.29 is 8.42 Å². The molecular formula is C20H27NO2S. The minimum atomic E-state index is -3.53. The van der Waals surface area contributed by atoms with Gasteiger partial charge in [0.15, 0.2) is 0 Å². The van der Waals surface area contributed by atoms with E-state index in [-0.39, 0.29) is 6.04 Å². The van der Waals surface area contributed by atoms with Crippen LogP contribution in [-0.4, -0.2) is 8.42 Å². The number of sulfonamides is 1. The van der Waals surface area contributed by atoms with Gasteiger partial charge in [0.1, 0.15) is 0 Å². The molecule has 0 heterocycles. The van der Waals surface area contributed by atoms with Gasteiger partial charge in [-0.15, -0.1) is 0 Å². The molecule has 2 atom stereocenters. The molecule has 0 aliphatic heterocycles. The van der Waals surface area contributed by atoms with Crippen molar-refractivity contribution in [2.24, 2.45) is 0 Å². The van der Waals surface area contributed by atoms with Crippen LogP contribution in [0.1, 0.15) is 61.4 Å². The Labute approximate surface area is 146 Å². The Balaban J connectivity index is 2.21. The first kappa shape index (κ1) is 18.7. The third kappa shape index (κ3) is 4.25. The second-order valence-corrected chi connectivity index (χ2v) is 8.30. The summed E-state index contributed by atoms with van der Waals surface area (Å²) in [6, 6.07) is 13.0. The average molecular weight is 346 g/mol. The van der Waals surface area contributed by atoms with Gasteiger partial charge in [-0.1, -0.05) is 49.7 Å². The molecule has 2 unspecified atom stereocenters. The predicted octanol–water partition coefficient (Wildman–Crippen LogP) is 4.86. The third-order valence-electron chi connectivity index (χ3n) is 4.60. The molecule has 3 nitrogen and oxygen atoms in total. The summed E-state index contributed by atoms with van der Waals surface area (Å²) >= 11 is 0. The van der Waals surface area contributed by atoms with Gasteiger partial charge in [-0.3, -0.25) is 0 Å². The molecule has 2 rings (SSSR count). The number of aryl methyl sites for hydroxylation is 2. The number of benzene rings is 2. The maximum atomic E-state index is 12.6. The molecule has 0 saturated heterocycles. The van der Waals surface area contributed by atoms with Gasteiger partial charge < -0.3 is 0 Å². The monoisotopic (exact) mass is 345 g/mol. The van der Waals surface area contributed by atoms with E-state index in [4.69, 9.17) is 0 Å². The SMILES string of the molecule is CCC(C)c1ccc(S(=O)(=O)NC(C)c2ccc(C)cc2C)cc1. The highest BCUT2D eigenvalue weighted by atomic mass is 32.2. The van der Waals surface area contributed by atoms with Crippen LogP contribution in [0.5, 0.6) is 0 Å². The van der Waals surface area contributed by atoms with Crippen LogP contribution in [0.2, 0.25) is 0 Å². The Morgan fingerprint density at radius 1 is 1.00 bits per heavy atom. The first-order valence-electron chi connectivity index (χ1n) is 8.44. The zero-order valence-corrected chi connectivity index (χ0v) is 15.9. The zero-order valence-electron chi connectivity index (χ0n) is 15.1. The lowest BCUT2D eigenvalue weighted by Gasteiger charge is -2.18. The summed E-state index contributed by atoms with van der Waals surface area (Å²) in [4.78, 5) is 0.311. The summed E-state index contributed by atoms with van der Waals surface area (Å²) in [6.45, 7) is 10.2. The van der Waals surface area contributed by atoms with Crippen molar-refractivity contribution in [3.63, 3.8) is 0 Å². The van der Waals surface area contributed by atoms with E-state index in [1.165, 1.54) is 11.1 Å². The normalized spacial score (nSPS) is 14.4. The molecule has 2 aromatic rings. The molecule has 1 N–H and O–H groups in total. The molecule has 0 bridgehead atoms. The van der Waals surface area contributed by atoms with Gasteiger partial charge in [0.25, 0.3) is 0 Å². The quantitative estimate of drug-likeness (QED) is 0.813. The van der Waals surface area contributed by atoms with Crippen LogP contribution in [0.25, 0.3) is 0 Å². The summed E-state index contributed by atoms with van der Waals surface area (Å²) in [6.07, 6.45) is 1.04. The van der Waals surface area contributed by atoms with E-state index in [1.807, 2.05) is 45.0 Å². The highest BCUT2D eigenvalue weighted by Crippen LogP contribution is 2.23. The Morgan fingerprint density at radius 3 is 2.17 bits per heavy atom. The van der Waals surface area contributed by atoms with Crippen LogP contribution in [0.15, 0.2) is 47.4 Å². The van der Waals surface area contributed by atoms with E-state index in [0.29, 0.717) is 10.8 Å². The fourth-order valence-electron chi connectivity index (χ4n) is 2.89. The number of hydrogen-bond acceptors (Lipinski definition) is 2. The fourth-order valence-corrected chi connectivity index (χ4v) is 4.11. The maximum absolute atomic E-state index is 12.6. The molecule has 130 valence electrons. The standard InChI is InChI=1S/C20H27NO2S/c1-6-15(3)18-8-10-19(11-9-18)24(22,23)21-17(5)20-12-7-14(2)13-16(20)4/h7-13,15,17,21H,6H2,1-5H3. The van der Waals surface area contributed by atoms with Crippen LogP contribution in [0, 0.1) is 13.8 Å². The summed E-state index contributed by atoms with van der Waals surface area (Å²) in [5.74, 6) is 0.434. The Bertz CT molecular complexity index is 795. The van der Waals surface area contributed by atoms with E-state index >= 15 is 0 Å². The second-order valence-electron chi connectivity index (χ2n) is 6.58. The zero-order chi connectivity index (χ0) is 17.9. The molecule has 0 amide bonds. The smallest absolute Gasteiger partial charge is 0.207 e. The average Bonchev–Trinajstić information content (AvgIpc) is 2.53. The van der Waals surface area contributed by atoms with Crippen LogP contribution < -0.4 is 4.72 Å². The van der Waals surface area contributed by atoms with Crippen LogP contribution >= 0.6 is 0 Å². The summed E-state index contributed by atoms with van der Waals surface area (Å²) < 4.78 is 28.1. The van der Waals surface area contributed by atoms with Gasteiger partial charge in [-0.05, 0) is 61.9 Å². The maximum Gasteiger partial charge on any atom is 0.241 e. The Kier molecular flexibility index (Phi) is 5.83. The number of nitrogens with one attached hydrogen (secondary N) is 1. The minimum absolute atomic E-state index is 0.273. The molecule has 0 radical (unpaired) electrons. The van der Waals surface area contributed by atoms with Crippen LogP contribution in [-0.2, 0) is 10.0 Å². The molecule has 0 fully saturated rings. The summed E-state index contributed by atoms with van der Waals surface area (Å²) in [7, 11) is -3.53. The van der Waals surface area contributed by atoms with Crippen molar-refractivity contribution in [1.29, 1.82) is 0 Å². The van der Waals surface area contributed by atoms with Crippen molar-refractivity contribution in [2.45, 2.75) is 57.9 Å². The Hall–Kier alpha value is -1.65. The van der Waals surface area contributed by atoms with Crippen molar-refractivity contribution >= 4 is 10.0 Å². The van der Waals surface area contributed by atoms with E-state index in [0.717, 1.165) is 17.5 Å². The van der Waals surface area contributed by atoms with E-state index in [1.54, 1.807) is 12.1 Å². The topological polar surface area (TPSA) is 46.2 Å². The molecule has 0 aliphatic rings. The molecule has 0 saturated carbocycles. The number of hydrogen-bond donors (Lipinski definition) is 1. The van der Waals surface area contributed by atoms with Crippen molar-refractivity contribution in [3.05, 3.63) is 64.7 Å². The third-order valence-corrected chi connectivity index (χ3v) is 6.15. The van der Waals surface area contributed by atoms with Gasteiger partial charge in [0, 0.05) is 6.04 Å². The highest BCUT2D eigenvalue weighted by molar-refractivity contribution is 7.89. The highest BCUT2D eigenvalue weighted by Gasteiger charge is 2.19.